The number of benzene rings is 1. The van der Waals surface area contributed by atoms with Gasteiger partial charge in [-0.3, -0.25) is 4.90 Å². The van der Waals surface area contributed by atoms with E-state index in [1.807, 2.05) is 20.0 Å². The summed E-state index contributed by atoms with van der Waals surface area (Å²) in [6.07, 6.45) is 0. The summed E-state index contributed by atoms with van der Waals surface area (Å²) in [4.78, 5) is 2.55. The molecule has 0 saturated carbocycles. The molecule has 0 amide bonds. The zero-order valence-electron chi connectivity index (χ0n) is 13.0. The Morgan fingerprint density at radius 2 is 1.81 bits per heavy atom. The largest absolute Gasteiger partial charge is 0.298 e. The number of likely N-dealkylation sites (N-methyl/N-ethyl adjacent to an activating group) is 1. The molecule has 0 aliphatic carbocycles. The summed E-state index contributed by atoms with van der Waals surface area (Å²) in [6.45, 7) is 7.09. The number of aryl methyl sites for hydroxylation is 1. The third-order valence-corrected chi connectivity index (χ3v) is 6.54. The van der Waals surface area contributed by atoms with E-state index in [1.54, 1.807) is 16.4 Å². The van der Waals surface area contributed by atoms with Crippen molar-refractivity contribution in [1.82, 2.24) is 9.21 Å². The molecule has 1 saturated heterocycles. The zero-order valence-corrected chi connectivity index (χ0v) is 14.6. The van der Waals surface area contributed by atoms with Crippen molar-refractivity contribution in [3.8, 4) is 0 Å². The van der Waals surface area contributed by atoms with Crippen LogP contribution in [0.5, 0.6) is 0 Å². The van der Waals surface area contributed by atoms with Crippen LogP contribution in [0.2, 0.25) is 0 Å². The fourth-order valence-electron chi connectivity index (χ4n) is 2.65. The Labute approximate surface area is 132 Å². The van der Waals surface area contributed by atoms with Gasteiger partial charge in [0.25, 0.3) is 0 Å². The van der Waals surface area contributed by atoms with Crippen LogP contribution in [0.1, 0.15) is 25.0 Å². The average Bonchev–Trinajstić information content (AvgIpc) is 2.44. The van der Waals surface area contributed by atoms with E-state index in [9.17, 15) is 8.42 Å². The van der Waals surface area contributed by atoms with Gasteiger partial charge < -0.3 is 0 Å². The van der Waals surface area contributed by atoms with E-state index in [0.29, 0.717) is 23.9 Å². The minimum atomic E-state index is -3.45. The second-order valence-corrected chi connectivity index (χ2v) is 8.11. The van der Waals surface area contributed by atoms with Crippen LogP contribution >= 0.6 is 11.6 Å². The van der Waals surface area contributed by atoms with Crippen molar-refractivity contribution in [2.45, 2.75) is 43.6 Å². The predicted molar refractivity (Wildman–Crippen MR) is 86.2 cm³/mol. The summed E-state index contributed by atoms with van der Waals surface area (Å²) in [7, 11) is -1.41. The highest BCUT2D eigenvalue weighted by Gasteiger charge is 2.34. The first-order chi connectivity index (χ1) is 9.77. The van der Waals surface area contributed by atoms with Crippen LogP contribution in [0.4, 0.5) is 0 Å². The van der Waals surface area contributed by atoms with Gasteiger partial charge in [0, 0.05) is 31.1 Å². The van der Waals surface area contributed by atoms with Crippen molar-refractivity contribution in [3.63, 3.8) is 0 Å². The van der Waals surface area contributed by atoms with Gasteiger partial charge in [-0.25, -0.2) is 8.42 Å². The second kappa shape index (κ2) is 6.24. The summed E-state index contributed by atoms with van der Waals surface area (Å²) in [5.74, 6) is 0.324. The monoisotopic (exact) mass is 330 g/mol. The van der Waals surface area contributed by atoms with E-state index in [0.717, 1.165) is 11.1 Å². The standard InChI is InChI=1S/C15H23ClN2O2S/c1-11-5-6-15(7-14(11)8-16)21(19,20)18-9-12(2)17(4)13(3)10-18/h5-7,12-13H,8-10H2,1-4H3. The minimum absolute atomic E-state index is 0.210. The molecule has 21 heavy (non-hydrogen) atoms. The van der Waals surface area contributed by atoms with Crippen molar-refractivity contribution >= 4 is 21.6 Å². The summed E-state index contributed by atoms with van der Waals surface area (Å²) >= 11 is 5.89. The number of hydrogen-bond acceptors (Lipinski definition) is 3. The van der Waals surface area contributed by atoms with E-state index in [1.165, 1.54) is 0 Å². The highest BCUT2D eigenvalue weighted by molar-refractivity contribution is 7.89. The second-order valence-electron chi connectivity index (χ2n) is 5.91. The normalized spacial score (nSPS) is 25.2. The van der Waals surface area contributed by atoms with Gasteiger partial charge in [0.1, 0.15) is 0 Å². The molecule has 1 fully saturated rings. The minimum Gasteiger partial charge on any atom is -0.298 e. The maximum absolute atomic E-state index is 12.8. The van der Waals surface area contributed by atoms with Crippen molar-refractivity contribution < 1.29 is 8.42 Å². The van der Waals surface area contributed by atoms with E-state index < -0.39 is 10.0 Å². The molecule has 0 bridgehead atoms. The number of halogens is 1. The first kappa shape index (κ1) is 16.7. The lowest BCUT2D eigenvalue weighted by Crippen LogP contribution is -2.56. The van der Waals surface area contributed by atoms with E-state index in [-0.39, 0.29) is 12.1 Å². The Morgan fingerprint density at radius 3 is 2.33 bits per heavy atom. The molecule has 1 aliphatic heterocycles. The molecule has 2 atom stereocenters. The molecular formula is C15H23ClN2O2S. The van der Waals surface area contributed by atoms with Crippen molar-refractivity contribution in [1.29, 1.82) is 0 Å². The third-order valence-electron chi connectivity index (χ3n) is 4.43. The van der Waals surface area contributed by atoms with E-state index in [4.69, 9.17) is 11.6 Å². The molecule has 0 aromatic heterocycles. The molecule has 4 nitrogen and oxygen atoms in total. The SMILES string of the molecule is Cc1ccc(S(=O)(=O)N2CC(C)N(C)C(C)C2)cc1CCl. The highest BCUT2D eigenvalue weighted by Crippen LogP contribution is 2.24. The summed E-state index contributed by atoms with van der Waals surface area (Å²) in [5, 5.41) is 0. The van der Waals surface area contributed by atoms with Gasteiger partial charge in [-0.05, 0) is 51.1 Å². The van der Waals surface area contributed by atoms with Crippen LogP contribution < -0.4 is 0 Å². The van der Waals surface area contributed by atoms with Crippen LogP contribution in [-0.4, -0.2) is 49.8 Å². The topological polar surface area (TPSA) is 40.6 Å². The lowest BCUT2D eigenvalue weighted by atomic mass is 10.1. The Kier molecular flexibility index (Phi) is 4.98. The van der Waals surface area contributed by atoms with E-state index in [2.05, 4.69) is 18.7 Å². The Bertz CT molecular complexity index is 606. The predicted octanol–water partition coefficient (Wildman–Crippen LogP) is 2.45. The van der Waals surface area contributed by atoms with Gasteiger partial charge >= 0.3 is 0 Å². The average molecular weight is 331 g/mol. The molecule has 6 heteroatoms. The van der Waals surface area contributed by atoms with Crippen LogP contribution in [0.25, 0.3) is 0 Å². The first-order valence-electron chi connectivity index (χ1n) is 7.15. The van der Waals surface area contributed by atoms with Crippen molar-refractivity contribution in [3.05, 3.63) is 29.3 Å². The van der Waals surface area contributed by atoms with Gasteiger partial charge in [0.15, 0.2) is 0 Å². The first-order valence-corrected chi connectivity index (χ1v) is 9.12. The van der Waals surface area contributed by atoms with Gasteiger partial charge in [0.05, 0.1) is 4.90 Å². The van der Waals surface area contributed by atoms with Gasteiger partial charge in [0.2, 0.25) is 10.0 Å². The number of sulfonamides is 1. The van der Waals surface area contributed by atoms with E-state index >= 15 is 0 Å². The van der Waals surface area contributed by atoms with Crippen molar-refractivity contribution in [2.24, 2.45) is 0 Å². The molecule has 1 aromatic rings. The maximum atomic E-state index is 12.8. The number of hydrogen-bond donors (Lipinski definition) is 0. The van der Waals surface area contributed by atoms with Crippen LogP contribution in [0, 0.1) is 6.92 Å². The Balaban J connectivity index is 2.34. The molecule has 118 valence electrons. The zero-order chi connectivity index (χ0) is 15.8. The molecule has 1 heterocycles. The Hall–Kier alpha value is -0.620. The third kappa shape index (κ3) is 3.26. The Morgan fingerprint density at radius 1 is 1.24 bits per heavy atom. The molecular weight excluding hydrogens is 308 g/mol. The van der Waals surface area contributed by atoms with Gasteiger partial charge in [-0.2, -0.15) is 4.31 Å². The summed E-state index contributed by atoms with van der Waals surface area (Å²) < 4.78 is 27.2. The molecule has 0 N–H and O–H groups in total. The van der Waals surface area contributed by atoms with Crippen LogP contribution in [-0.2, 0) is 15.9 Å². The molecule has 0 radical (unpaired) electrons. The molecule has 2 rings (SSSR count). The van der Waals surface area contributed by atoms with Crippen LogP contribution in [0.3, 0.4) is 0 Å². The molecule has 2 unspecified atom stereocenters. The van der Waals surface area contributed by atoms with Gasteiger partial charge in [-0.15, -0.1) is 11.6 Å². The number of alkyl halides is 1. The molecule has 1 aliphatic rings. The fraction of sp³-hybridized carbons (Fsp3) is 0.600. The number of rotatable bonds is 3. The highest BCUT2D eigenvalue weighted by atomic mass is 35.5. The lowest BCUT2D eigenvalue weighted by molar-refractivity contribution is 0.105. The fourth-order valence-corrected chi connectivity index (χ4v) is 4.59. The summed E-state index contributed by atoms with van der Waals surface area (Å²) in [5.41, 5.74) is 1.89. The smallest absolute Gasteiger partial charge is 0.243 e. The lowest BCUT2D eigenvalue weighted by Gasteiger charge is -2.41. The maximum Gasteiger partial charge on any atom is 0.243 e. The van der Waals surface area contributed by atoms with Gasteiger partial charge in [-0.1, -0.05) is 6.07 Å². The summed E-state index contributed by atoms with van der Waals surface area (Å²) in [6, 6.07) is 5.62. The number of nitrogens with zero attached hydrogens (tertiary/aromatic N) is 2. The van der Waals surface area contributed by atoms with Crippen molar-refractivity contribution in [2.75, 3.05) is 20.1 Å². The number of piperazine rings is 1. The quantitative estimate of drug-likeness (QED) is 0.799. The molecule has 1 aromatic carbocycles. The van der Waals surface area contributed by atoms with Crippen LogP contribution in [0.15, 0.2) is 23.1 Å². The molecule has 0 spiro atoms.